The maximum atomic E-state index is 12.6. The van der Waals surface area contributed by atoms with Gasteiger partial charge in [0.1, 0.15) is 5.54 Å². The molecule has 0 spiro atoms. The number of hydrogen-bond acceptors (Lipinski definition) is 4. The second-order valence-electron chi connectivity index (χ2n) is 5.87. The summed E-state index contributed by atoms with van der Waals surface area (Å²) < 4.78 is 44.9. The lowest BCUT2D eigenvalue weighted by molar-refractivity contribution is -0.137. The van der Waals surface area contributed by atoms with Gasteiger partial charge in [-0.3, -0.25) is 4.68 Å². The molecule has 0 radical (unpaired) electrons. The van der Waals surface area contributed by atoms with Gasteiger partial charge < -0.3 is 4.52 Å². The topological polar surface area (TPSA) is 56.7 Å². The van der Waals surface area contributed by atoms with Gasteiger partial charge in [0.05, 0.1) is 5.56 Å². The molecule has 0 bridgehead atoms. The third-order valence-electron chi connectivity index (χ3n) is 4.18. The predicted molar refractivity (Wildman–Crippen MR) is 77.1 cm³/mol. The van der Waals surface area contributed by atoms with Crippen LogP contribution in [0.15, 0.2) is 47.2 Å². The summed E-state index contributed by atoms with van der Waals surface area (Å²) in [5.74, 6) is 0.941. The maximum Gasteiger partial charge on any atom is 0.416 e. The molecule has 8 heteroatoms. The Morgan fingerprint density at radius 3 is 2.50 bits per heavy atom. The van der Waals surface area contributed by atoms with E-state index in [4.69, 9.17) is 4.52 Å². The minimum Gasteiger partial charge on any atom is -0.337 e. The van der Waals surface area contributed by atoms with Crippen LogP contribution in [0.4, 0.5) is 13.2 Å². The van der Waals surface area contributed by atoms with Crippen LogP contribution in [0.3, 0.4) is 0 Å². The molecule has 2 heterocycles. The summed E-state index contributed by atoms with van der Waals surface area (Å²) in [5.41, 5.74) is -0.343. The SMILES string of the molecule is FC(F)(F)c1ccc(Cc2noc(C3(n4cccn4)CC3)n2)cc1. The summed E-state index contributed by atoms with van der Waals surface area (Å²) in [6, 6.07) is 6.81. The predicted octanol–water partition coefficient (Wildman–Crippen LogP) is 3.41. The molecule has 1 aliphatic carbocycles. The molecule has 124 valence electrons. The van der Waals surface area contributed by atoms with E-state index in [-0.39, 0.29) is 5.54 Å². The van der Waals surface area contributed by atoms with E-state index in [1.807, 2.05) is 16.9 Å². The van der Waals surface area contributed by atoms with Crippen molar-refractivity contribution < 1.29 is 17.7 Å². The molecule has 4 rings (SSSR count). The van der Waals surface area contributed by atoms with E-state index in [9.17, 15) is 13.2 Å². The molecule has 0 N–H and O–H groups in total. The number of benzene rings is 1. The average Bonchev–Trinajstić information content (AvgIpc) is 2.99. The molecule has 5 nitrogen and oxygen atoms in total. The minimum atomic E-state index is -4.33. The van der Waals surface area contributed by atoms with Gasteiger partial charge in [0.15, 0.2) is 5.82 Å². The molecule has 1 saturated carbocycles. The highest BCUT2D eigenvalue weighted by atomic mass is 19.4. The van der Waals surface area contributed by atoms with E-state index in [1.165, 1.54) is 12.1 Å². The van der Waals surface area contributed by atoms with Crippen LogP contribution < -0.4 is 0 Å². The summed E-state index contributed by atoms with van der Waals surface area (Å²) >= 11 is 0. The van der Waals surface area contributed by atoms with Gasteiger partial charge in [-0.15, -0.1) is 0 Å². The molecule has 0 atom stereocenters. The number of alkyl halides is 3. The first kappa shape index (κ1) is 14.9. The Hall–Kier alpha value is -2.64. The van der Waals surface area contributed by atoms with Gasteiger partial charge in [0, 0.05) is 18.8 Å². The van der Waals surface area contributed by atoms with Gasteiger partial charge in [-0.25, -0.2) is 0 Å². The smallest absolute Gasteiger partial charge is 0.337 e. The van der Waals surface area contributed by atoms with Crippen LogP contribution in [-0.2, 0) is 18.1 Å². The van der Waals surface area contributed by atoms with E-state index in [1.54, 1.807) is 6.20 Å². The lowest BCUT2D eigenvalue weighted by atomic mass is 10.1. The molecule has 0 unspecified atom stereocenters. The van der Waals surface area contributed by atoms with Crippen molar-refractivity contribution in [2.75, 3.05) is 0 Å². The Morgan fingerprint density at radius 1 is 1.17 bits per heavy atom. The average molecular weight is 334 g/mol. The molecule has 0 saturated heterocycles. The number of nitrogens with zero attached hydrogens (tertiary/aromatic N) is 4. The summed E-state index contributed by atoms with van der Waals surface area (Å²) in [5, 5.41) is 8.18. The zero-order valence-electron chi connectivity index (χ0n) is 12.5. The fourth-order valence-electron chi connectivity index (χ4n) is 2.69. The molecule has 24 heavy (non-hydrogen) atoms. The second kappa shape index (κ2) is 5.19. The normalized spacial score (nSPS) is 16.3. The molecule has 0 amide bonds. The Labute approximate surface area is 135 Å². The molecule has 1 fully saturated rings. The van der Waals surface area contributed by atoms with Crippen molar-refractivity contribution in [1.29, 1.82) is 0 Å². The quantitative estimate of drug-likeness (QED) is 0.734. The van der Waals surface area contributed by atoms with Crippen LogP contribution in [0, 0.1) is 0 Å². The van der Waals surface area contributed by atoms with Crippen LogP contribution in [-0.4, -0.2) is 19.9 Å². The fraction of sp³-hybridized carbons (Fsp3) is 0.312. The van der Waals surface area contributed by atoms with Crippen molar-refractivity contribution in [1.82, 2.24) is 19.9 Å². The Morgan fingerprint density at radius 2 is 1.92 bits per heavy atom. The van der Waals surface area contributed by atoms with Gasteiger partial charge in [-0.1, -0.05) is 17.3 Å². The first-order valence-corrected chi connectivity index (χ1v) is 7.47. The van der Waals surface area contributed by atoms with Crippen LogP contribution >= 0.6 is 0 Å². The van der Waals surface area contributed by atoms with Gasteiger partial charge in [-0.2, -0.15) is 23.3 Å². The van der Waals surface area contributed by atoms with Crippen molar-refractivity contribution in [2.45, 2.75) is 31.0 Å². The molecule has 1 aliphatic rings. The molecular weight excluding hydrogens is 321 g/mol. The zero-order valence-corrected chi connectivity index (χ0v) is 12.5. The molecule has 1 aromatic carbocycles. The van der Waals surface area contributed by atoms with Crippen LogP contribution in [0.2, 0.25) is 0 Å². The van der Waals surface area contributed by atoms with Gasteiger partial charge in [-0.05, 0) is 36.6 Å². The number of hydrogen-bond donors (Lipinski definition) is 0. The third kappa shape index (κ3) is 2.57. The monoisotopic (exact) mass is 334 g/mol. The first-order valence-electron chi connectivity index (χ1n) is 7.47. The van der Waals surface area contributed by atoms with Crippen LogP contribution in [0.25, 0.3) is 0 Å². The highest BCUT2D eigenvalue weighted by Crippen LogP contribution is 2.48. The largest absolute Gasteiger partial charge is 0.416 e. The summed E-state index contributed by atoms with van der Waals surface area (Å²) in [6.45, 7) is 0. The van der Waals surface area contributed by atoms with Crippen molar-refractivity contribution in [3.8, 4) is 0 Å². The zero-order chi connectivity index (χ0) is 16.8. The van der Waals surface area contributed by atoms with Gasteiger partial charge in [0.2, 0.25) is 0 Å². The van der Waals surface area contributed by atoms with Crippen LogP contribution in [0.5, 0.6) is 0 Å². The number of aromatic nitrogens is 4. The van der Waals surface area contributed by atoms with E-state index in [2.05, 4.69) is 15.2 Å². The molecular formula is C16H13F3N4O. The van der Waals surface area contributed by atoms with E-state index < -0.39 is 11.7 Å². The second-order valence-corrected chi connectivity index (χ2v) is 5.87. The Bertz CT molecular complexity index is 833. The van der Waals surface area contributed by atoms with Crippen molar-refractivity contribution >= 4 is 0 Å². The first-order chi connectivity index (χ1) is 11.5. The molecule has 2 aromatic heterocycles. The van der Waals surface area contributed by atoms with Crippen molar-refractivity contribution in [2.24, 2.45) is 0 Å². The van der Waals surface area contributed by atoms with E-state index >= 15 is 0 Å². The van der Waals surface area contributed by atoms with Gasteiger partial charge >= 0.3 is 6.18 Å². The number of rotatable bonds is 4. The lowest BCUT2D eigenvalue weighted by Gasteiger charge is -2.09. The van der Waals surface area contributed by atoms with Crippen molar-refractivity contribution in [3.05, 3.63) is 65.6 Å². The fourth-order valence-corrected chi connectivity index (χ4v) is 2.69. The van der Waals surface area contributed by atoms with Crippen LogP contribution in [0.1, 0.15) is 35.7 Å². The highest BCUT2D eigenvalue weighted by Gasteiger charge is 2.52. The lowest BCUT2D eigenvalue weighted by Crippen LogP contribution is -2.19. The summed E-state index contributed by atoms with van der Waals surface area (Å²) in [6.07, 6.45) is 1.27. The molecule has 3 aromatic rings. The maximum absolute atomic E-state index is 12.6. The third-order valence-corrected chi connectivity index (χ3v) is 4.18. The van der Waals surface area contributed by atoms with Crippen molar-refractivity contribution in [3.63, 3.8) is 0 Å². The minimum absolute atomic E-state index is 0.316. The van der Waals surface area contributed by atoms with E-state index in [0.29, 0.717) is 23.7 Å². The summed E-state index contributed by atoms with van der Waals surface area (Å²) in [7, 11) is 0. The highest BCUT2D eigenvalue weighted by molar-refractivity contribution is 5.27. The molecule has 0 aliphatic heterocycles. The Balaban J connectivity index is 1.52. The van der Waals surface area contributed by atoms with Gasteiger partial charge in [0.25, 0.3) is 5.89 Å². The Kier molecular flexibility index (Phi) is 3.22. The standard InChI is InChI=1S/C16H13F3N4O/c17-16(18,19)12-4-2-11(3-5-12)10-13-21-14(24-22-13)15(6-7-15)23-9-1-8-20-23/h1-5,8-9H,6-7,10H2. The van der Waals surface area contributed by atoms with E-state index in [0.717, 1.165) is 25.0 Å². The number of halogens is 3. The summed E-state index contributed by atoms with van der Waals surface area (Å²) in [4.78, 5) is 4.41.